The first-order valence-electron chi connectivity index (χ1n) is 15.9. The van der Waals surface area contributed by atoms with Crippen LogP contribution in [0.3, 0.4) is 0 Å². The van der Waals surface area contributed by atoms with Gasteiger partial charge in [0.1, 0.15) is 0 Å². The summed E-state index contributed by atoms with van der Waals surface area (Å²) >= 11 is 0. The maximum Gasteiger partial charge on any atom is 2.00 e. The van der Waals surface area contributed by atoms with E-state index in [4.69, 9.17) is 9.47 Å². The van der Waals surface area contributed by atoms with Crippen LogP contribution in [0, 0.1) is 52.0 Å². The molecule has 0 bridgehead atoms. The molecular formula is C42H29N5O2Pt2. The van der Waals surface area contributed by atoms with Crippen LogP contribution in [0.5, 0.6) is 23.0 Å². The van der Waals surface area contributed by atoms with Crippen molar-refractivity contribution in [2.24, 2.45) is 0 Å². The largest absolute Gasteiger partial charge is 2.00 e. The zero-order valence-electron chi connectivity index (χ0n) is 28.0. The summed E-state index contributed by atoms with van der Waals surface area (Å²) in [6, 6.07) is 39.3. The van der Waals surface area contributed by atoms with Gasteiger partial charge >= 0.3 is 42.1 Å². The van der Waals surface area contributed by atoms with Crippen LogP contribution in [0.25, 0.3) is 50.3 Å². The molecule has 4 heterocycles. The molecule has 8 aromatic rings. The summed E-state index contributed by atoms with van der Waals surface area (Å²) in [5.74, 6) is 2.79. The molecular weight excluding hydrogens is 997 g/mol. The Morgan fingerprint density at radius 3 is 1.39 bits per heavy atom. The quantitative estimate of drug-likeness (QED) is 0.148. The molecule has 0 radical (unpaired) electrons. The summed E-state index contributed by atoms with van der Waals surface area (Å²) in [6.45, 7) is 8.18. The monoisotopic (exact) mass is 1030 g/mol. The number of rotatable bonds is 7. The van der Waals surface area contributed by atoms with Crippen LogP contribution in [0.1, 0.15) is 22.3 Å². The number of hydrogen-bond donors (Lipinski definition) is 0. The number of ether oxygens (including phenoxy) is 2. The molecule has 51 heavy (non-hydrogen) atoms. The minimum Gasteiger partial charge on any atom is -0.503 e. The van der Waals surface area contributed by atoms with Crippen LogP contribution in [0.2, 0.25) is 0 Å². The van der Waals surface area contributed by atoms with E-state index in [9.17, 15) is 0 Å². The van der Waals surface area contributed by atoms with Gasteiger partial charge in [-0.25, -0.2) is 9.97 Å². The Labute approximate surface area is 325 Å². The van der Waals surface area contributed by atoms with Gasteiger partial charge < -0.3 is 24.0 Å². The third-order valence-corrected chi connectivity index (χ3v) is 8.67. The summed E-state index contributed by atoms with van der Waals surface area (Å²) in [5, 5.41) is 1.90. The molecule has 0 fully saturated rings. The van der Waals surface area contributed by atoms with Crippen molar-refractivity contribution < 1.29 is 51.6 Å². The molecule has 0 saturated heterocycles. The van der Waals surface area contributed by atoms with Crippen molar-refractivity contribution >= 4 is 21.8 Å². The van der Waals surface area contributed by atoms with Crippen molar-refractivity contribution in [2.45, 2.75) is 27.7 Å². The molecule has 0 aliphatic carbocycles. The zero-order valence-corrected chi connectivity index (χ0v) is 32.5. The fourth-order valence-corrected chi connectivity index (χ4v) is 5.81. The van der Waals surface area contributed by atoms with Gasteiger partial charge in [0, 0.05) is 47.8 Å². The van der Waals surface area contributed by atoms with Gasteiger partial charge in [-0.2, -0.15) is 22.9 Å². The predicted octanol–water partition coefficient (Wildman–Crippen LogP) is 9.71. The summed E-state index contributed by atoms with van der Waals surface area (Å²) in [5.41, 5.74) is 9.03. The maximum atomic E-state index is 6.48. The standard InChI is InChI=1S/C42H29N5O2.2Pt/c1-26-20-30(36-10-5-7-16-43-36)22-40(28(26)3)48-32-12-14-34-35-15-13-33(25-39(35)47(38(34)24-32)42-45-18-9-19-46-42)49-41-23-31(21-27(2)29(41)4)37-11-6-8-17-44-37;;/h5-21H,1-4H3;;/q-4;2*+2. The number of fused-ring (bicyclic) bond motifs is 3. The average Bonchev–Trinajstić information content (AvgIpc) is 3.45. The van der Waals surface area contributed by atoms with Crippen molar-refractivity contribution in [1.29, 1.82) is 0 Å². The smallest absolute Gasteiger partial charge is 0.503 e. The first-order valence-corrected chi connectivity index (χ1v) is 15.9. The van der Waals surface area contributed by atoms with Gasteiger partial charge in [-0.05, 0) is 29.6 Å². The molecule has 0 N–H and O–H groups in total. The molecule has 0 atom stereocenters. The molecule has 0 amide bonds. The topological polar surface area (TPSA) is 75.0 Å². The molecule has 0 saturated carbocycles. The average molecular weight is 1030 g/mol. The third kappa shape index (κ3) is 7.02. The number of nitrogens with zero attached hydrogens (tertiary/aromatic N) is 5. The molecule has 0 spiro atoms. The number of aromatic nitrogens is 5. The number of benzene rings is 4. The molecule has 0 unspecified atom stereocenters. The van der Waals surface area contributed by atoms with Gasteiger partial charge in [0.15, 0.2) is 0 Å². The summed E-state index contributed by atoms with van der Waals surface area (Å²) in [7, 11) is 0. The summed E-state index contributed by atoms with van der Waals surface area (Å²) < 4.78 is 14.9. The van der Waals surface area contributed by atoms with Crippen LogP contribution in [0.15, 0.2) is 104 Å². The second-order valence-electron chi connectivity index (χ2n) is 11.8. The Balaban J connectivity index is 0.00000224. The molecule has 254 valence electrons. The van der Waals surface area contributed by atoms with E-state index in [0.717, 1.165) is 66.6 Å². The number of hydrogen-bond acceptors (Lipinski definition) is 6. The molecule has 4 aromatic heterocycles. The minimum atomic E-state index is 0. The first-order chi connectivity index (χ1) is 23.9. The first kappa shape index (κ1) is 35.8. The molecule has 9 heteroatoms. The van der Waals surface area contributed by atoms with E-state index in [-0.39, 0.29) is 42.1 Å². The fourth-order valence-electron chi connectivity index (χ4n) is 5.81. The van der Waals surface area contributed by atoms with Crippen molar-refractivity contribution in [3.8, 4) is 51.5 Å². The summed E-state index contributed by atoms with van der Waals surface area (Å²) in [4.78, 5) is 18.2. The van der Waals surface area contributed by atoms with Gasteiger partial charge in [-0.1, -0.05) is 86.3 Å². The Morgan fingerprint density at radius 2 is 0.961 bits per heavy atom. The predicted molar refractivity (Wildman–Crippen MR) is 190 cm³/mol. The molecule has 0 aliphatic rings. The van der Waals surface area contributed by atoms with Crippen LogP contribution >= 0.6 is 0 Å². The van der Waals surface area contributed by atoms with E-state index < -0.39 is 0 Å². The van der Waals surface area contributed by atoms with E-state index >= 15 is 0 Å². The van der Waals surface area contributed by atoms with Crippen LogP contribution in [-0.2, 0) is 42.1 Å². The Kier molecular flexibility index (Phi) is 10.6. The maximum absolute atomic E-state index is 6.48. The minimum absolute atomic E-state index is 0. The second kappa shape index (κ2) is 15.1. The summed E-state index contributed by atoms with van der Waals surface area (Å²) in [6.07, 6.45) is 6.99. The van der Waals surface area contributed by atoms with Gasteiger partial charge in [0.25, 0.3) is 0 Å². The van der Waals surface area contributed by atoms with Gasteiger partial charge in [0.05, 0.1) is 0 Å². The van der Waals surface area contributed by atoms with E-state index in [1.807, 2.05) is 79.1 Å². The molecule has 4 aromatic carbocycles. The fraction of sp³-hybridized carbons (Fsp3) is 0.0952. The van der Waals surface area contributed by atoms with Gasteiger partial charge in [0.2, 0.25) is 5.95 Å². The normalized spacial score (nSPS) is 10.8. The Bertz CT molecular complexity index is 2330. The molecule has 7 nitrogen and oxygen atoms in total. The van der Waals surface area contributed by atoms with Crippen LogP contribution in [0.4, 0.5) is 0 Å². The third-order valence-electron chi connectivity index (χ3n) is 8.67. The van der Waals surface area contributed by atoms with Crippen molar-refractivity contribution in [2.75, 3.05) is 0 Å². The van der Waals surface area contributed by atoms with E-state index in [1.165, 1.54) is 0 Å². The van der Waals surface area contributed by atoms with Crippen molar-refractivity contribution in [1.82, 2.24) is 24.5 Å². The van der Waals surface area contributed by atoms with E-state index in [0.29, 0.717) is 28.9 Å². The molecule has 8 rings (SSSR count). The van der Waals surface area contributed by atoms with Crippen LogP contribution < -0.4 is 9.47 Å². The van der Waals surface area contributed by atoms with Crippen molar-refractivity contribution in [3.05, 3.63) is 150 Å². The van der Waals surface area contributed by atoms with E-state index in [2.05, 4.69) is 70.2 Å². The van der Waals surface area contributed by atoms with Gasteiger partial charge in [-0.3, -0.25) is 0 Å². The number of pyridine rings is 2. The molecule has 0 aliphatic heterocycles. The second-order valence-corrected chi connectivity index (χ2v) is 11.8. The van der Waals surface area contributed by atoms with Crippen molar-refractivity contribution in [3.63, 3.8) is 0 Å². The van der Waals surface area contributed by atoms with Crippen LogP contribution in [-0.4, -0.2) is 24.5 Å². The Morgan fingerprint density at radius 1 is 0.510 bits per heavy atom. The number of aryl methyl sites for hydroxylation is 2. The SMILES string of the molecule is Cc1cc(-c2ccccn2)[c-]c(Oc2[c-]c3c(cc2)c2ccc(Oc4[c-]c(-c5ccccn5)cc(C)c4C)[c-]c2n3-c2ncccn2)c1C.[Pt+2].[Pt+2]. The van der Waals surface area contributed by atoms with Gasteiger partial charge in [-0.15, -0.1) is 58.7 Å². The van der Waals surface area contributed by atoms with E-state index in [1.54, 1.807) is 30.9 Å². The zero-order chi connectivity index (χ0) is 33.5. The Hall–Kier alpha value is -4.96.